The van der Waals surface area contributed by atoms with Crippen LogP contribution in [0.3, 0.4) is 0 Å². The first-order valence-corrected chi connectivity index (χ1v) is 11.1. The van der Waals surface area contributed by atoms with E-state index < -0.39 is 23.5 Å². The molecule has 1 saturated heterocycles. The lowest BCUT2D eigenvalue weighted by atomic mass is 9.95. The number of halogens is 1. The van der Waals surface area contributed by atoms with Crippen LogP contribution in [0.15, 0.2) is 84.6 Å². The predicted molar refractivity (Wildman–Crippen MR) is 129 cm³/mol. The monoisotopic (exact) mass is 454 g/mol. The van der Waals surface area contributed by atoms with Gasteiger partial charge in [-0.15, -0.1) is 0 Å². The Balaban J connectivity index is 1.57. The average molecular weight is 455 g/mol. The molecule has 2 N–H and O–H groups in total. The molecule has 6 heteroatoms. The second kappa shape index (κ2) is 8.63. The van der Waals surface area contributed by atoms with Gasteiger partial charge in [-0.2, -0.15) is 0 Å². The molecular weight excluding hydrogens is 431 g/mol. The number of para-hydroxylation sites is 1. The Morgan fingerprint density at radius 2 is 1.79 bits per heavy atom. The van der Waals surface area contributed by atoms with Crippen molar-refractivity contribution in [3.05, 3.63) is 113 Å². The Kier molecular flexibility index (Phi) is 5.49. The molecule has 1 fully saturated rings. The van der Waals surface area contributed by atoms with E-state index in [1.807, 2.05) is 49.5 Å². The lowest BCUT2D eigenvalue weighted by Gasteiger charge is -2.25. The van der Waals surface area contributed by atoms with Crippen LogP contribution in [0.25, 0.3) is 16.7 Å². The maximum Gasteiger partial charge on any atom is 0.295 e. The number of rotatable bonds is 5. The van der Waals surface area contributed by atoms with Gasteiger partial charge in [-0.25, -0.2) is 4.39 Å². The van der Waals surface area contributed by atoms with E-state index in [0.717, 1.165) is 22.0 Å². The van der Waals surface area contributed by atoms with Crippen LogP contribution >= 0.6 is 0 Å². The summed E-state index contributed by atoms with van der Waals surface area (Å²) in [5.41, 5.74) is 3.83. The maximum absolute atomic E-state index is 14.2. The molecule has 0 saturated carbocycles. The van der Waals surface area contributed by atoms with E-state index in [9.17, 15) is 19.1 Å². The van der Waals surface area contributed by atoms with Gasteiger partial charge in [0.15, 0.2) is 0 Å². The molecule has 1 amide bonds. The van der Waals surface area contributed by atoms with Crippen molar-refractivity contribution in [2.24, 2.45) is 0 Å². The smallest absolute Gasteiger partial charge is 0.295 e. The second-order valence-electron chi connectivity index (χ2n) is 8.52. The minimum atomic E-state index is -0.887. The minimum absolute atomic E-state index is 0.0293. The summed E-state index contributed by atoms with van der Waals surface area (Å²) in [6, 6.07) is 19.8. The van der Waals surface area contributed by atoms with Crippen molar-refractivity contribution in [3.63, 3.8) is 0 Å². The molecule has 5 nitrogen and oxygen atoms in total. The van der Waals surface area contributed by atoms with Crippen LogP contribution < -0.4 is 0 Å². The van der Waals surface area contributed by atoms with E-state index in [1.54, 1.807) is 18.2 Å². The fourth-order valence-electron chi connectivity index (χ4n) is 4.58. The molecule has 1 atom stereocenters. The number of H-pyrrole nitrogens is 1. The van der Waals surface area contributed by atoms with Crippen LogP contribution in [0.2, 0.25) is 0 Å². The van der Waals surface area contributed by atoms with Gasteiger partial charge in [-0.05, 0) is 42.7 Å². The Labute approximate surface area is 196 Å². The van der Waals surface area contributed by atoms with Crippen LogP contribution in [0, 0.1) is 12.7 Å². The van der Waals surface area contributed by atoms with Gasteiger partial charge in [-0.1, -0.05) is 60.2 Å². The number of aryl methyl sites for hydroxylation is 1. The molecule has 5 rings (SSSR count). The van der Waals surface area contributed by atoms with Gasteiger partial charge >= 0.3 is 0 Å². The number of Topliss-reactive ketones (excluding diaryl/α,β-unsaturated/α-hetero) is 1. The molecule has 1 aliphatic heterocycles. The molecule has 0 radical (unpaired) electrons. The fourth-order valence-corrected chi connectivity index (χ4v) is 4.58. The van der Waals surface area contributed by atoms with Gasteiger partial charge in [0, 0.05) is 29.2 Å². The highest BCUT2D eigenvalue weighted by atomic mass is 19.1. The number of carbonyl (C=O) groups excluding carboxylic acids is 2. The molecule has 1 aliphatic rings. The molecule has 3 aromatic carbocycles. The van der Waals surface area contributed by atoms with Crippen molar-refractivity contribution in [1.29, 1.82) is 0 Å². The van der Waals surface area contributed by atoms with Gasteiger partial charge in [0.2, 0.25) is 0 Å². The molecule has 4 aromatic rings. The van der Waals surface area contributed by atoms with E-state index in [4.69, 9.17) is 0 Å². The zero-order valence-electron chi connectivity index (χ0n) is 18.6. The largest absolute Gasteiger partial charge is 0.507 e. The number of aliphatic hydroxyl groups is 1. The maximum atomic E-state index is 14.2. The second-order valence-corrected chi connectivity index (χ2v) is 8.52. The minimum Gasteiger partial charge on any atom is -0.507 e. The van der Waals surface area contributed by atoms with Crippen LogP contribution in [0.5, 0.6) is 0 Å². The van der Waals surface area contributed by atoms with Gasteiger partial charge in [0.25, 0.3) is 11.7 Å². The van der Waals surface area contributed by atoms with Crippen molar-refractivity contribution >= 4 is 28.4 Å². The highest BCUT2D eigenvalue weighted by Crippen LogP contribution is 2.39. The summed E-state index contributed by atoms with van der Waals surface area (Å²) in [5, 5.41) is 12.1. The third-order valence-electron chi connectivity index (χ3n) is 6.33. The number of aromatic nitrogens is 1. The van der Waals surface area contributed by atoms with Crippen LogP contribution in [0.1, 0.15) is 28.3 Å². The lowest BCUT2D eigenvalue weighted by molar-refractivity contribution is -0.139. The lowest BCUT2D eigenvalue weighted by Crippen LogP contribution is -2.31. The molecule has 0 spiro atoms. The number of hydrogen-bond acceptors (Lipinski definition) is 3. The zero-order valence-corrected chi connectivity index (χ0v) is 18.6. The number of aliphatic hydroxyl groups excluding tert-OH is 1. The van der Waals surface area contributed by atoms with Crippen LogP contribution in [-0.4, -0.2) is 33.2 Å². The molecular formula is C28H23FN2O3. The summed E-state index contributed by atoms with van der Waals surface area (Å²) in [4.78, 5) is 30.9. The van der Waals surface area contributed by atoms with Gasteiger partial charge < -0.3 is 15.0 Å². The zero-order chi connectivity index (χ0) is 23.8. The normalized spacial score (nSPS) is 17.6. The number of hydrogen-bond donors (Lipinski definition) is 2. The van der Waals surface area contributed by atoms with E-state index >= 15 is 0 Å². The number of likely N-dealkylation sites (tertiary alicyclic amines) is 1. The number of carbonyl (C=O) groups is 2. The summed E-state index contributed by atoms with van der Waals surface area (Å²) >= 11 is 0. The van der Waals surface area contributed by atoms with Crippen molar-refractivity contribution in [2.45, 2.75) is 19.4 Å². The number of fused-ring (bicyclic) bond motifs is 1. The van der Waals surface area contributed by atoms with Gasteiger partial charge in [0.1, 0.15) is 11.6 Å². The average Bonchev–Trinajstić information content (AvgIpc) is 3.36. The predicted octanol–water partition coefficient (Wildman–Crippen LogP) is 5.28. The first-order chi connectivity index (χ1) is 16.4. The summed E-state index contributed by atoms with van der Waals surface area (Å²) < 4.78 is 14.2. The van der Waals surface area contributed by atoms with Crippen LogP contribution in [-0.2, 0) is 16.0 Å². The van der Waals surface area contributed by atoms with Crippen molar-refractivity contribution in [1.82, 2.24) is 9.88 Å². The molecule has 34 heavy (non-hydrogen) atoms. The molecule has 0 aliphatic carbocycles. The topological polar surface area (TPSA) is 73.4 Å². The molecule has 170 valence electrons. The molecule has 0 bridgehead atoms. The van der Waals surface area contributed by atoms with E-state index in [2.05, 4.69) is 4.98 Å². The van der Waals surface area contributed by atoms with Crippen molar-refractivity contribution in [2.75, 3.05) is 6.54 Å². The summed E-state index contributed by atoms with van der Waals surface area (Å²) in [6.45, 7) is 2.15. The quantitative estimate of drug-likeness (QED) is 0.245. The Morgan fingerprint density at radius 3 is 2.56 bits per heavy atom. The highest BCUT2D eigenvalue weighted by molar-refractivity contribution is 6.46. The molecule has 2 heterocycles. The number of nitrogens with one attached hydrogen (secondary N) is 1. The molecule has 1 unspecified atom stereocenters. The van der Waals surface area contributed by atoms with E-state index in [0.29, 0.717) is 17.5 Å². The van der Waals surface area contributed by atoms with E-state index in [1.165, 1.54) is 23.1 Å². The molecule has 1 aromatic heterocycles. The van der Waals surface area contributed by atoms with Crippen molar-refractivity contribution in [3.8, 4) is 0 Å². The third kappa shape index (κ3) is 3.77. The Morgan fingerprint density at radius 1 is 1.03 bits per heavy atom. The third-order valence-corrected chi connectivity index (χ3v) is 6.33. The van der Waals surface area contributed by atoms with Gasteiger partial charge in [-0.3, -0.25) is 9.59 Å². The number of aromatic amines is 1. The standard InChI is InChI=1S/C28H23FN2O3/c1-17-9-11-18(12-10-17)26(32)24-25(19-5-4-6-21(29)15-19)31(28(34)27(24)33)14-13-20-16-30-23-8-3-2-7-22(20)23/h2-12,15-16,25,30,32H,13-14H2,1H3/b26-24-. The number of amides is 1. The number of nitrogens with zero attached hydrogens (tertiary/aromatic N) is 1. The SMILES string of the molecule is Cc1ccc(/C(O)=C2/C(=O)C(=O)N(CCc3c[nH]c4ccccc34)C2c2cccc(F)c2)cc1. The first-order valence-electron chi connectivity index (χ1n) is 11.1. The van der Waals surface area contributed by atoms with Crippen LogP contribution in [0.4, 0.5) is 4.39 Å². The number of ketones is 1. The first kappa shape index (κ1) is 21.6. The Bertz CT molecular complexity index is 1440. The summed E-state index contributed by atoms with van der Waals surface area (Å²) in [6.07, 6.45) is 2.39. The number of benzene rings is 3. The Hall–Kier alpha value is -4.19. The highest BCUT2D eigenvalue weighted by Gasteiger charge is 2.46. The van der Waals surface area contributed by atoms with Gasteiger partial charge in [0.05, 0.1) is 11.6 Å². The van der Waals surface area contributed by atoms with E-state index in [-0.39, 0.29) is 17.9 Å². The summed E-state index contributed by atoms with van der Waals surface area (Å²) in [7, 11) is 0. The van der Waals surface area contributed by atoms with Crippen molar-refractivity contribution < 1.29 is 19.1 Å². The summed E-state index contributed by atoms with van der Waals surface area (Å²) in [5.74, 6) is -2.22. The fraction of sp³-hybridized carbons (Fsp3) is 0.143.